The molecule has 0 amide bonds. The Morgan fingerprint density at radius 2 is 2.44 bits per heavy atom. The van der Waals surface area contributed by atoms with Crippen molar-refractivity contribution in [1.82, 2.24) is 4.98 Å². The molecule has 1 atom stereocenters. The van der Waals surface area contributed by atoms with Crippen molar-refractivity contribution in [3.05, 3.63) is 23.5 Å². The molecule has 0 aliphatic heterocycles. The topological polar surface area (TPSA) is 106 Å². The third-order valence-electron chi connectivity index (χ3n) is 2.05. The predicted octanol–water partition coefficient (Wildman–Crippen LogP) is -0.750. The summed E-state index contributed by atoms with van der Waals surface area (Å²) < 4.78 is 4.76. The molecular weight excluding hydrogens is 211 g/mol. The maximum absolute atomic E-state index is 10.5. The lowest BCUT2D eigenvalue weighted by Gasteiger charge is -2.09. The number of aromatic nitrogens is 1. The SMILES string of the molecule is Cc1cc(C[C@H](N)C(=O)O)ncc1O[B]O. The largest absolute Gasteiger partial charge is 0.569 e. The summed E-state index contributed by atoms with van der Waals surface area (Å²) in [6.45, 7) is 1.76. The number of carboxylic acid groups (broad SMARTS) is 1. The van der Waals surface area contributed by atoms with Crippen molar-refractivity contribution < 1.29 is 19.6 Å². The van der Waals surface area contributed by atoms with Gasteiger partial charge >= 0.3 is 13.7 Å². The van der Waals surface area contributed by atoms with E-state index in [1.807, 2.05) is 0 Å². The minimum atomic E-state index is -1.07. The fourth-order valence-electron chi connectivity index (χ4n) is 1.21. The summed E-state index contributed by atoms with van der Waals surface area (Å²) in [7, 11) is 0.562. The van der Waals surface area contributed by atoms with Crippen molar-refractivity contribution in [2.24, 2.45) is 5.73 Å². The lowest BCUT2D eigenvalue weighted by atomic mass is 10.1. The Balaban J connectivity index is 2.77. The van der Waals surface area contributed by atoms with Crippen LogP contribution in [0, 0.1) is 6.92 Å². The van der Waals surface area contributed by atoms with Crippen LogP contribution >= 0.6 is 0 Å². The lowest BCUT2D eigenvalue weighted by molar-refractivity contribution is -0.138. The molecule has 1 aromatic heterocycles. The van der Waals surface area contributed by atoms with Crippen LogP contribution in [0.1, 0.15) is 11.3 Å². The van der Waals surface area contributed by atoms with Crippen LogP contribution in [0.5, 0.6) is 5.75 Å². The summed E-state index contributed by atoms with van der Waals surface area (Å²) in [5, 5.41) is 17.1. The van der Waals surface area contributed by atoms with Crippen LogP contribution in [0.25, 0.3) is 0 Å². The molecule has 0 aromatic carbocycles. The zero-order valence-electron chi connectivity index (χ0n) is 8.75. The molecule has 1 aromatic rings. The second-order valence-electron chi connectivity index (χ2n) is 3.31. The van der Waals surface area contributed by atoms with E-state index in [4.69, 9.17) is 20.5 Å². The van der Waals surface area contributed by atoms with Crippen LogP contribution in [0.15, 0.2) is 12.3 Å². The van der Waals surface area contributed by atoms with Crippen LogP contribution < -0.4 is 10.4 Å². The van der Waals surface area contributed by atoms with Gasteiger partial charge in [-0.1, -0.05) is 0 Å². The standard InChI is InChI=1S/C9H12BN2O4/c1-5-2-6(3-7(11)9(13)14)12-4-8(5)16-10-15/h2,4,7,15H,3,11H2,1H3,(H,13,14)/t7-/m0/s1. The van der Waals surface area contributed by atoms with Gasteiger partial charge in [-0.3, -0.25) is 9.78 Å². The molecule has 4 N–H and O–H groups in total. The van der Waals surface area contributed by atoms with Crippen LogP contribution in [-0.2, 0) is 11.2 Å². The van der Waals surface area contributed by atoms with E-state index in [-0.39, 0.29) is 6.42 Å². The van der Waals surface area contributed by atoms with Gasteiger partial charge in [0, 0.05) is 12.1 Å². The molecule has 0 unspecified atom stereocenters. The lowest BCUT2D eigenvalue weighted by Crippen LogP contribution is -2.32. The molecule has 0 bridgehead atoms. The van der Waals surface area contributed by atoms with Crippen molar-refractivity contribution in [3.8, 4) is 5.75 Å². The van der Waals surface area contributed by atoms with Gasteiger partial charge in [-0.15, -0.1) is 0 Å². The Kier molecular flexibility index (Phi) is 4.27. The van der Waals surface area contributed by atoms with E-state index in [0.29, 0.717) is 19.1 Å². The van der Waals surface area contributed by atoms with Gasteiger partial charge in [-0.2, -0.15) is 0 Å². The number of carboxylic acids is 1. The quantitative estimate of drug-likeness (QED) is 0.567. The van der Waals surface area contributed by atoms with Crippen molar-refractivity contribution in [3.63, 3.8) is 0 Å². The highest BCUT2D eigenvalue weighted by Crippen LogP contribution is 2.16. The van der Waals surface area contributed by atoms with Crippen molar-refractivity contribution >= 4 is 13.7 Å². The number of nitrogens with two attached hydrogens (primary N) is 1. The zero-order chi connectivity index (χ0) is 12.1. The van der Waals surface area contributed by atoms with Gasteiger partial charge in [0.15, 0.2) is 0 Å². The molecule has 1 rings (SSSR count). The van der Waals surface area contributed by atoms with E-state index in [9.17, 15) is 4.79 Å². The summed E-state index contributed by atoms with van der Waals surface area (Å²) in [5.74, 6) is -0.654. The Morgan fingerprint density at radius 1 is 1.75 bits per heavy atom. The smallest absolute Gasteiger partial charge is 0.536 e. The minimum Gasteiger partial charge on any atom is -0.536 e. The van der Waals surface area contributed by atoms with E-state index in [0.717, 1.165) is 5.56 Å². The van der Waals surface area contributed by atoms with Crippen molar-refractivity contribution in [2.75, 3.05) is 0 Å². The Labute approximate surface area is 93.4 Å². The van der Waals surface area contributed by atoms with Crippen LogP contribution in [0.3, 0.4) is 0 Å². The molecule has 7 heteroatoms. The number of hydrogen-bond donors (Lipinski definition) is 3. The van der Waals surface area contributed by atoms with Gasteiger partial charge in [0.1, 0.15) is 11.8 Å². The number of aryl methyl sites for hydroxylation is 1. The molecule has 6 nitrogen and oxygen atoms in total. The van der Waals surface area contributed by atoms with Gasteiger partial charge in [-0.05, 0) is 18.6 Å². The first kappa shape index (κ1) is 12.5. The number of nitrogens with zero attached hydrogens (tertiary/aromatic N) is 1. The Morgan fingerprint density at radius 3 is 2.94 bits per heavy atom. The summed E-state index contributed by atoms with van der Waals surface area (Å²) in [5.41, 5.74) is 6.69. The van der Waals surface area contributed by atoms with E-state index in [2.05, 4.69) is 4.98 Å². The van der Waals surface area contributed by atoms with Gasteiger partial charge in [0.2, 0.25) is 0 Å². The maximum Gasteiger partial charge on any atom is 0.569 e. The third kappa shape index (κ3) is 3.21. The van der Waals surface area contributed by atoms with Crippen LogP contribution in [0.2, 0.25) is 0 Å². The summed E-state index contributed by atoms with van der Waals surface area (Å²) in [6.07, 6.45) is 1.56. The normalized spacial score (nSPS) is 11.9. The fraction of sp³-hybridized carbons (Fsp3) is 0.333. The van der Waals surface area contributed by atoms with E-state index in [1.165, 1.54) is 6.20 Å². The number of rotatable bonds is 5. The van der Waals surface area contributed by atoms with Crippen molar-refractivity contribution in [2.45, 2.75) is 19.4 Å². The molecule has 1 heterocycles. The molecular formula is C9H12BN2O4. The van der Waals surface area contributed by atoms with E-state index in [1.54, 1.807) is 13.0 Å². The van der Waals surface area contributed by atoms with Crippen LogP contribution in [0.4, 0.5) is 0 Å². The van der Waals surface area contributed by atoms with Crippen LogP contribution in [-0.4, -0.2) is 34.8 Å². The first-order valence-electron chi connectivity index (χ1n) is 4.61. The molecule has 0 aliphatic carbocycles. The second-order valence-corrected chi connectivity index (χ2v) is 3.31. The minimum absolute atomic E-state index is 0.152. The van der Waals surface area contributed by atoms with E-state index >= 15 is 0 Å². The number of hydrogen-bond acceptors (Lipinski definition) is 5. The Hall–Kier alpha value is -1.60. The highest BCUT2D eigenvalue weighted by molar-refractivity contribution is 6.17. The highest BCUT2D eigenvalue weighted by Gasteiger charge is 2.13. The average Bonchev–Trinajstić information content (AvgIpc) is 2.22. The number of carbonyl (C=O) groups is 1. The molecule has 0 fully saturated rings. The van der Waals surface area contributed by atoms with Gasteiger partial charge in [0.05, 0.1) is 6.20 Å². The van der Waals surface area contributed by atoms with Gasteiger partial charge in [-0.25, -0.2) is 0 Å². The molecule has 0 saturated heterocycles. The molecule has 85 valence electrons. The second kappa shape index (κ2) is 5.48. The fourth-order valence-corrected chi connectivity index (χ4v) is 1.21. The number of pyridine rings is 1. The Bertz CT molecular complexity index is 386. The van der Waals surface area contributed by atoms with Gasteiger partial charge in [0.25, 0.3) is 0 Å². The first-order valence-corrected chi connectivity index (χ1v) is 4.61. The monoisotopic (exact) mass is 223 g/mol. The molecule has 0 saturated carbocycles. The zero-order valence-corrected chi connectivity index (χ0v) is 8.75. The third-order valence-corrected chi connectivity index (χ3v) is 2.05. The first-order chi connectivity index (χ1) is 7.54. The van der Waals surface area contributed by atoms with E-state index < -0.39 is 12.0 Å². The van der Waals surface area contributed by atoms with Gasteiger partial charge < -0.3 is 20.5 Å². The summed E-state index contributed by atoms with van der Waals surface area (Å²) in [4.78, 5) is 14.5. The molecule has 0 spiro atoms. The van der Waals surface area contributed by atoms with Crippen molar-refractivity contribution in [1.29, 1.82) is 0 Å². The molecule has 1 radical (unpaired) electrons. The molecule has 16 heavy (non-hydrogen) atoms. The summed E-state index contributed by atoms with van der Waals surface area (Å²) >= 11 is 0. The summed E-state index contributed by atoms with van der Waals surface area (Å²) in [6, 6.07) is 0.699. The number of aliphatic carboxylic acids is 1. The predicted molar refractivity (Wildman–Crippen MR) is 56.9 cm³/mol. The molecule has 0 aliphatic rings. The average molecular weight is 223 g/mol. The maximum atomic E-state index is 10.5. The highest BCUT2D eigenvalue weighted by atomic mass is 16.5.